The third-order valence-electron chi connectivity index (χ3n) is 2.50. The number of halogens is 1. The number of benzene rings is 1. The average molecular weight is 257 g/mol. The van der Waals surface area contributed by atoms with E-state index in [9.17, 15) is 0 Å². The molecule has 2 N–H and O–H groups in total. The lowest BCUT2D eigenvalue weighted by molar-refractivity contribution is 0.198. The molecular weight excluding hydrogens is 236 g/mol. The first-order chi connectivity index (χ1) is 8.22. The lowest BCUT2D eigenvalue weighted by atomic mass is 10.2. The molecule has 96 valence electrons. The third-order valence-corrected chi connectivity index (χ3v) is 2.75. The van der Waals surface area contributed by atoms with Gasteiger partial charge in [-0.2, -0.15) is 0 Å². The van der Waals surface area contributed by atoms with E-state index in [1.54, 1.807) is 7.11 Å². The highest BCUT2D eigenvalue weighted by atomic mass is 35.5. The Bertz CT molecular complexity index is 303. The zero-order valence-electron chi connectivity index (χ0n) is 10.5. The molecule has 0 spiro atoms. The van der Waals surface area contributed by atoms with Crippen molar-refractivity contribution in [3.63, 3.8) is 0 Å². The van der Waals surface area contributed by atoms with Crippen molar-refractivity contribution in [1.29, 1.82) is 0 Å². The van der Waals surface area contributed by atoms with Crippen LogP contribution in [0.3, 0.4) is 0 Å². The fraction of sp³-hybridized carbons (Fsp3) is 0.538. The molecule has 1 aromatic carbocycles. The van der Waals surface area contributed by atoms with Crippen molar-refractivity contribution >= 4 is 11.6 Å². The van der Waals surface area contributed by atoms with E-state index in [0.717, 1.165) is 31.3 Å². The molecule has 0 aliphatic rings. The Morgan fingerprint density at radius 3 is 2.65 bits per heavy atom. The van der Waals surface area contributed by atoms with Gasteiger partial charge in [0.2, 0.25) is 0 Å². The van der Waals surface area contributed by atoms with Gasteiger partial charge in [-0.05, 0) is 24.6 Å². The minimum absolute atomic E-state index is 0.433. The Kier molecular flexibility index (Phi) is 7.21. The maximum atomic E-state index is 5.83. The van der Waals surface area contributed by atoms with Crippen LogP contribution in [0.1, 0.15) is 12.5 Å². The summed E-state index contributed by atoms with van der Waals surface area (Å²) in [4.78, 5) is 0. The van der Waals surface area contributed by atoms with Gasteiger partial charge in [0.25, 0.3) is 0 Å². The molecule has 1 rings (SSSR count). The summed E-state index contributed by atoms with van der Waals surface area (Å²) in [6, 6.07) is 8.35. The van der Waals surface area contributed by atoms with Gasteiger partial charge in [0, 0.05) is 37.8 Å². The van der Waals surface area contributed by atoms with Crippen molar-refractivity contribution in [1.82, 2.24) is 10.6 Å². The molecule has 0 aliphatic heterocycles. The van der Waals surface area contributed by atoms with Crippen molar-refractivity contribution < 1.29 is 4.74 Å². The molecule has 17 heavy (non-hydrogen) atoms. The number of hydrogen-bond donors (Lipinski definition) is 2. The largest absolute Gasteiger partial charge is 0.383 e. The van der Waals surface area contributed by atoms with Gasteiger partial charge in [0.05, 0.1) is 6.61 Å². The summed E-state index contributed by atoms with van der Waals surface area (Å²) in [5.74, 6) is 0. The van der Waals surface area contributed by atoms with E-state index in [1.807, 2.05) is 24.3 Å². The van der Waals surface area contributed by atoms with Crippen LogP contribution in [0.25, 0.3) is 0 Å². The van der Waals surface area contributed by atoms with Crippen LogP contribution in [0.2, 0.25) is 5.02 Å². The Morgan fingerprint density at radius 2 is 2.00 bits per heavy atom. The number of nitrogens with one attached hydrogen (secondary N) is 2. The van der Waals surface area contributed by atoms with Crippen molar-refractivity contribution in [2.45, 2.75) is 19.5 Å². The van der Waals surface area contributed by atoms with Crippen LogP contribution in [-0.4, -0.2) is 32.8 Å². The summed E-state index contributed by atoms with van der Waals surface area (Å²) in [6.07, 6.45) is 0. The molecule has 1 atom stereocenters. The van der Waals surface area contributed by atoms with Crippen LogP contribution >= 0.6 is 11.6 Å². The Hall–Kier alpha value is -0.610. The molecule has 0 saturated heterocycles. The molecule has 0 aromatic heterocycles. The molecule has 4 heteroatoms. The van der Waals surface area contributed by atoms with E-state index in [0.29, 0.717) is 6.04 Å². The standard InChI is InChI=1S/C13H21ClN2O/c1-11(9-15-7-8-17-2)16-10-12-3-5-13(14)6-4-12/h3-6,11,15-16H,7-10H2,1-2H3. The predicted octanol–water partition coefficient (Wildman–Crippen LogP) is 2.05. The first kappa shape index (κ1) is 14.5. The zero-order chi connectivity index (χ0) is 12.5. The molecule has 1 aromatic rings. The van der Waals surface area contributed by atoms with Crippen LogP contribution in [0.15, 0.2) is 24.3 Å². The first-order valence-electron chi connectivity index (χ1n) is 5.90. The van der Waals surface area contributed by atoms with Gasteiger partial charge in [0.1, 0.15) is 0 Å². The summed E-state index contributed by atoms with van der Waals surface area (Å²) in [7, 11) is 1.71. The highest BCUT2D eigenvalue weighted by molar-refractivity contribution is 6.30. The lowest BCUT2D eigenvalue weighted by Crippen LogP contribution is -2.37. The minimum Gasteiger partial charge on any atom is -0.383 e. The van der Waals surface area contributed by atoms with Gasteiger partial charge in [-0.25, -0.2) is 0 Å². The van der Waals surface area contributed by atoms with Crippen LogP contribution in [0.4, 0.5) is 0 Å². The summed E-state index contributed by atoms with van der Waals surface area (Å²) in [5.41, 5.74) is 1.25. The van der Waals surface area contributed by atoms with Crippen molar-refractivity contribution in [3.05, 3.63) is 34.9 Å². The van der Waals surface area contributed by atoms with Crippen LogP contribution in [0, 0.1) is 0 Å². The molecule has 0 saturated carbocycles. The maximum absolute atomic E-state index is 5.83. The van der Waals surface area contributed by atoms with Crippen molar-refractivity contribution in [2.24, 2.45) is 0 Å². The molecule has 0 heterocycles. The number of ether oxygens (including phenoxy) is 1. The van der Waals surface area contributed by atoms with Gasteiger partial charge >= 0.3 is 0 Å². The Morgan fingerprint density at radius 1 is 1.29 bits per heavy atom. The molecule has 1 unspecified atom stereocenters. The topological polar surface area (TPSA) is 33.3 Å². The predicted molar refractivity (Wildman–Crippen MR) is 72.5 cm³/mol. The summed E-state index contributed by atoms with van der Waals surface area (Å²) in [6.45, 7) is 5.62. The number of methoxy groups -OCH3 is 1. The van der Waals surface area contributed by atoms with Gasteiger partial charge in [-0.3, -0.25) is 0 Å². The van der Waals surface area contributed by atoms with Gasteiger partial charge in [-0.15, -0.1) is 0 Å². The lowest BCUT2D eigenvalue weighted by Gasteiger charge is -2.14. The van der Waals surface area contributed by atoms with E-state index in [-0.39, 0.29) is 0 Å². The van der Waals surface area contributed by atoms with E-state index in [1.165, 1.54) is 5.56 Å². The normalized spacial score (nSPS) is 12.6. The van der Waals surface area contributed by atoms with Crippen molar-refractivity contribution in [3.8, 4) is 0 Å². The second-order valence-electron chi connectivity index (χ2n) is 4.11. The van der Waals surface area contributed by atoms with E-state index >= 15 is 0 Å². The highest BCUT2D eigenvalue weighted by Gasteiger charge is 2.00. The first-order valence-corrected chi connectivity index (χ1v) is 6.27. The molecule has 0 aliphatic carbocycles. The second kappa shape index (κ2) is 8.48. The summed E-state index contributed by atoms with van der Waals surface area (Å²) >= 11 is 5.83. The number of rotatable bonds is 8. The Balaban J connectivity index is 2.14. The van der Waals surface area contributed by atoms with Gasteiger partial charge in [0.15, 0.2) is 0 Å². The Labute approximate surface area is 109 Å². The van der Waals surface area contributed by atoms with E-state index < -0.39 is 0 Å². The maximum Gasteiger partial charge on any atom is 0.0587 e. The molecule has 0 bridgehead atoms. The second-order valence-corrected chi connectivity index (χ2v) is 4.54. The average Bonchev–Trinajstić information content (AvgIpc) is 2.34. The molecule has 3 nitrogen and oxygen atoms in total. The van der Waals surface area contributed by atoms with E-state index in [2.05, 4.69) is 17.6 Å². The molecule has 0 amide bonds. The quantitative estimate of drug-likeness (QED) is 0.699. The summed E-state index contributed by atoms with van der Waals surface area (Å²) in [5, 5.41) is 7.55. The fourth-order valence-corrected chi connectivity index (χ4v) is 1.59. The molecular formula is C13H21ClN2O. The third kappa shape index (κ3) is 6.64. The fourth-order valence-electron chi connectivity index (χ4n) is 1.46. The van der Waals surface area contributed by atoms with E-state index in [4.69, 9.17) is 16.3 Å². The zero-order valence-corrected chi connectivity index (χ0v) is 11.3. The van der Waals surface area contributed by atoms with Crippen LogP contribution in [0.5, 0.6) is 0 Å². The van der Waals surface area contributed by atoms with Gasteiger partial charge in [-0.1, -0.05) is 23.7 Å². The van der Waals surface area contributed by atoms with Crippen molar-refractivity contribution in [2.75, 3.05) is 26.8 Å². The SMILES string of the molecule is COCCNCC(C)NCc1ccc(Cl)cc1. The minimum atomic E-state index is 0.433. The monoisotopic (exact) mass is 256 g/mol. The molecule has 0 radical (unpaired) electrons. The van der Waals surface area contributed by atoms with Crippen LogP contribution < -0.4 is 10.6 Å². The number of hydrogen-bond acceptors (Lipinski definition) is 3. The van der Waals surface area contributed by atoms with Gasteiger partial charge < -0.3 is 15.4 Å². The smallest absolute Gasteiger partial charge is 0.0587 e. The molecule has 0 fully saturated rings. The highest BCUT2D eigenvalue weighted by Crippen LogP contribution is 2.09. The van der Waals surface area contributed by atoms with Crippen LogP contribution in [-0.2, 0) is 11.3 Å². The summed E-state index contributed by atoms with van der Waals surface area (Å²) < 4.78 is 4.97.